The van der Waals surface area contributed by atoms with Gasteiger partial charge in [-0.05, 0) is 30.3 Å². The van der Waals surface area contributed by atoms with Crippen LogP contribution in [0.4, 0.5) is 0 Å². The number of hydrogen-bond donors (Lipinski definition) is 0. The second-order valence-electron chi connectivity index (χ2n) is 3.87. The van der Waals surface area contributed by atoms with E-state index in [0.717, 1.165) is 4.47 Å². The fourth-order valence-electron chi connectivity index (χ4n) is 1.71. The fraction of sp³-hybridized carbons (Fsp3) is 0.214. The number of ether oxygens (including phenoxy) is 2. The third-order valence-corrected chi connectivity index (χ3v) is 3.07. The molecule has 0 radical (unpaired) electrons. The Kier molecular flexibility index (Phi) is 4.39. The number of hydrogen-bond acceptors (Lipinski definition) is 4. The highest BCUT2D eigenvalue weighted by Crippen LogP contribution is 2.26. The summed E-state index contributed by atoms with van der Waals surface area (Å²) in [4.78, 5) is 12.3. The highest BCUT2D eigenvalue weighted by molar-refractivity contribution is 9.10. The van der Waals surface area contributed by atoms with E-state index in [1.807, 2.05) is 0 Å². The van der Waals surface area contributed by atoms with E-state index in [1.165, 1.54) is 7.11 Å². The number of rotatable bonds is 5. The molecule has 100 valence electrons. The average Bonchev–Trinajstić information content (AvgIpc) is 2.87. The van der Waals surface area contributed by atoms with Gasteiger partial charge >= 0.3 is 0 Å². The van der Waals surface area contributed by atoms with Gasteiger partial charge in [-0.25, -0.2) is 0 Å². The van der Waals surface area contributed by atoms with Gasteiger partial charge in [0.25, 0.3) is 0 Å². The molecule has 0 fully saturated rings. The van der Waals surface area contributed by atoms with Crippen LogP contribution in [0.25, 0.3) is 0 Å². The maximum absolute atomic E-state index is 12.3. The number of carbonyl (C=O) groups excluding carboxylic acids is 1. The van der Waals surface area contributed by atoms with E-state index >= 15 is 0 Å². The first kappa shape index (κ1) is 13.8. The Balaban J connectivity index is 2.32. The Hall–Kier alpha value is -1.59. The summed E-state index contributed by atoms with van der Waals surface area (Å²) >= 11 is 3.34. The molecule has 1 aromatic carbocycles. The zero-order valence-electron chi connectivity index (χ0n) is 10.6. The number of benzene rings is 1. The standard InChI is InChI=1S/C14H13BrO4/c1-17-8-10-4-6-12(19-10)14(16)11-5-3-9(15)7-13(11)18-2/h3-7H,8H2,1-2H3. The molecule has 5 heteroatoms. The summed E-state index contributed by atoms with van der Waals surface area (Å²) in [5.74, 6) is 1.17. The molecule has 4 nitrogen and oxygen atoms in total. The minimum absolute atomic E-state index is 0.216. The van der Waals surface area contributed by atoms with Crippen LogP contribution in [0.1, 0.15) is 21.9 Å². The molecule has 0 amide bonds. The predicted octanol–water partition coefficient (Wildman–Crippen LogP) is 3.43. The first-order valence-electron chi connectivity index (χ1n) is 5.61. The second-order valence-corrected chi connectivity index (χ2v) is 4.79. The number of furan rings is 1. The van der Waals surface area contributed by atoms with E-state index in [9.17, 15) is 4.79 Å². The van der Waals surface area contributed by atoms with Crippen molar-refractivity contribution in [1.82, 2.24) is 0 Å². The molecule has 0 aliphatic carbocycles. The molecule has 0 bridgehead atoms. The lowest BCUT2D eigenvalue weighted by Gasteiger charge is -2.06. The molecule has 19 heavy (non-hydrogen) atoms. The molecular formula is C14H13BrO4. The van der Waals surface area contributed by atoms with Crippen LogP contribution < -0.4 is 4.74 Å². The Morgan fingerprint density at radius 1 is 1.26 bits per heavy atom. The molecular weight excluding hydrogens is 312 g/mol. The zero-order valence-corrected chi connectivity index (χ0v) is 12.2. The van der Waals surface area contributed by atoms with Gasteiger partial charge < -0.3 is 13.9 Å². The van der Waals surface area contributed by atoms with Gasteiger partial charge in [0, 0.05) is 11.6 Å². The van der Waals surface area contributed by atoms with Crippen LogP contribution in [0.15, 0.2) is 39.2 Å². The summed E-state index contributed by atoms with van der Waals surface area (Å²) in [7, 11) is 3.10. The summed E-state index contributed by atoms with van der Waals surface area (Å²) in [6.07, 6.45) is 0. The molecule has 1 aromatic heterocycles. The fourth-order valence-corrected chi connectivity index (χ4v) is 2.05. The molecule has 0 saturated carbocycles. The van der Waals surface area contributed by atoms with Crippen molar-refractivity contribution >= 4 is 21.7 Å². The third-order valence-electron chi connectivity index (χ3n) is 2.58. The van der Waals surface area contributed by atoms with Crippen molar-refractivity contribution in [2.45, 2.75) is 6.61 Å². The van der Waals surface area contributed by atoms with E-state index in [1.54, 1.807) is 37.4 Å². The molecule has 0 unspecified atom stereocenters. The van der Waals surface area contributed by atoms with E-state index in [-0.39, 0.29) is 11.5 Å². The number of ketones is 1. The lowest BCUT2D eigenvalue weighted by molar-refractivity contribution is 0.0997. The molecule has 0 atom stereocenters. The number of methoxy groups -OCH3 is 2. The van der Waals surface area contributed by atoms with Gasteiger partial charge in [0.05, 0.1) is 12.7 Å². The topological polar surface area (TPSA) is 48.7 Å². The lowest BCUT2D eigenvalue weighted by Crippen LogP contribution is -2.02. The molecule has 1 heterocycles. The van der Waals surface area contributed by atoms with Crippen molar-refractivity contribution < 1.29 is 18.7 Å². The summed E-state index contributed by atoms with van der Waals surface area (Å²) in [5, 5.41) is 0. The van der Waals surface area contributed by atoms with Gasteiger partial charge in [-0.15, -0.1) is 0 Å². The minimum atomic E-state index is -0.216. The molecule has 0 saturated heterocycles. The summed E-state index contributed by atoms with van der Waals surface area (Å²) in [6, 6.07) is 8.59. The Bertz CT molecular complexity index is 589. The van der Waals surface area contributed by atoms with Gasteiger partial charge in [0.2, 0.25) is 5.78 Å². The van der Waals surface area contributed by atoms with Crippen molar-refractivity contribution in [2.24, 2.45) is 0 Å². The van der Waals surface area contributed by atoms with Crippen LogP contribution in [0.5, 0.6) is 5.75 Å². The van der Waals surface area contributed by atoms with Crippen molar-refractivity contribution in [1.29, 1.82) is 0 Å². The molecule has 0 aliphatic rings. The smallest absolute Gasteiger partial charge is 0.231 e. The summed E-state index contributed by atoms with van der Waals surface area (Å²) < 4.78 is 16.4. The SMILES string of the molecule is COCc1ccc(C(=O)c2ccc(Br)cc2OC)o1. The lowest BCUT2D eigenvalue weighted by atomic mass is 10.1. The van der Waals surface area contributed by atoms with Gasteiger partial charge in [-0.1, -0.05) is 15.9 Å². The Morgan fingerprint density at radius 3 is 2.74 bits per heavy atom. The molecule has 2 rings (SSSR count). The van der Waals surface area contributed by atoms with Gasteiger partial charge in [-0.3, -0.25) is 4.79 Å². The monoisotopic (exact) mass is 324 g/mol. The van der Waals surface area contributed by atoms with Gasteiger partial charge in [0.1, 0.15) is 18.1 Å². The number of halogens is 1. The van der Waals surface area contributed by atoms with Crippen molar-refractivity contribution in [3.8, 4) is 5.75 Å². The molecule has 0 N–H and O–H groups in total. The van der Waals surface area contributed by atoms with Gasteiger partial charge in [0.15, 0.2) is 5.76 Å². The Labute approximate surface area is 119 Å². The van der Waals surface area contributed by atoms with Gasteiger partial charge in [-0.2, -0.15) is 0 Å². The number of carbonyl (C=O) groups is 1. The van der Waals surface area contributed by atoms with Crippen LogP contribution in [0.3, 0.4) is 0 Å². The van der Waals surface area contributed by atoms with E-state index in [4.69, 9.17) is 13.9 Å². The summed E-state index contributed by atoms with van der Waals surface area (Å²) in [5.41, 5.74) is 0.462. The third kappa shape index (κ3) is 3.05. The van der Waals surface area contributed by atoms with Crippen LogP contribution in [-0.2, 0) is 11.3 Å². The van der Waals surface area contributed by atoms with Crippen molar-refractivity contribution in [2.75, 3.05) is 14.2 Å². The molecule has 2 aromatic rings. The largest absolute Gasteiger partial charge is 0.496 e. The predicted molar refractivity (Wildman–Crippen MR) is 73.5 cm³/mol. The maximum Gasteiger partial charge on any atom is 0.231 e. The molecule has 0 spiro atoms. The van der Waals surface area contributed by atoms with Crippen molar-refractivity contribution in [3.63, 3.8) is 0 Å². The average molecular weight is 325 g/mol. The van der Waals surface area contributed by atoms with E-state index in [0.29, 0.717) is 23.7 Å². The highest BCUT2D eigenvalue weighted by Gasteiger charge is 2.18. The maximum atomic E-state index is 12.3. The summed E-state index contributed by atoms with van der Waals surface area (Å²) in [6.45, 7) is 0.338. The quantitative estimate of drug-likeness (QED) is 0.790. The van der Waals surface area contributed by atoms with Crippen LogP contribution in [-0.4, -0.2) is 20.0 Å². The minimum Gasteiger partial charge on any atom is -0.496 e. The first-order chi connectivity index (χ1) is 9.15. The Morgan fingerprint density at radius 2 is 2.05 bits per heavy atom. The zero-order chi connectivity index (χ0) is 13.8. The second kappa shape index (κ2) is 6.04. The first-order valence-corrected chi connectivity index (χ1v) is 6.41. The molecule has 0 aliphatic heterocycles. The highest BCUT2D eigenvalue weighted by atomic mass is 79.9. The van der Waals surface area contributed by atoms with E-state index < -0.39 is 0 Å². The normalized spacial score (nSPS) is 10.5. The van der Waals surface area contributed by atoms with Crippen LogP contribution in [0.2, 0.25) is 0 Å². The van der Waals surface area contributed by atoms with E-state index in [2.05, 4.69) is 15.9 Å². The van der Waals surface area contributed by atoms with Crippen LogP contribution >= 0.6 is 15.9 Å². The van der Waals surface area contributed by atoms with Crippen molar-refractivity contribution in [3.05, 3.63) is 51.9 Å². The van der Waals surface area contributed by atoms with Crippen LogP contribution in [0, 0.1) is 0 Å².